The molecule has 1 aliphatic heterocycles. The largest absolute Gasteiger partial charge is 0.366 e. The second kappa shape index (κ2) is 8.97. The Bertz CT molecular complexity index is 958. The number of rotatable bonds is 7. The zero-order chi connectivity index (χ0) is 21.1. The lowest BCUT2D eigenvalue weighted by Crippen LogP contribution is -2.40. The Labute approximate surface area is 180 Å². The number of imide groups is 1. The van der Waals surface area contributed by atoms with E-state index in [2.05, 4.69) is 4.98 Å². The van der Waals surface area contributed by atoms with Crippen LogP contribution in [0.4, 0.5) is 0 Å². The van der Waals surface area contributed by atoms with Crippen molar-refractivity contribution in [2.45, 2.75) is 33.2 Å². The first-order chi connectivity index (χ1) is 13.8. The van der Waals surface area contributed by atoms with Gasteiger partial charge in [0.1, 0.15) is 5.70 Å². The van der Waals surface area contributed by atoms with Gasteiger partial charge in [0.25, 0.3) is 11.8 Å². The summed E-state index contributed by atoms with van der Waals surface area (Å²) in [6.07, 6.45) is 4.22. The van der Waals surface area contributed by atoms with Crippen LogP contribution in [0.3, 0.4) is 0 Å². The first-order valence-corrected chi connectivity index (χ1v) is 10.3. The van der Waals surface area contributed by atoms with Crippen LogP contribution in [0, 0.1) is 0 Å². The van der Waals surface area contributed by atoms with Crippen molar-refractivity contribution in [3.05, 3.63) is 69.6 Å². The standard InChI is InChI=1S/C22H23Cl2N3O2/c1-4-26(12-9-15-7-10-25-11-8-15)20-19(17-6-5-16(23)13-18(17)24)21(28)27(14(2)3)22(20)29/h5-8,10-11,13-14H,4,9,12H2,1-3H3. The number of amides is 2. The van der Waals surface area contributed by atoms with Gasteiger partial charge in [0, 0.05) is 42.1 Å². The predicted molar refractivity (Wildman–Crippen MR) is 116 cm³/mol. The number of carbonyl (C=O) groups is 2. The van der Waals surface area contributed by atoms with Crippen molar-refractivity contribution in [2.75, 3.05) is 13.1 Å². The fourth-order valence-corrected chi connectivity index (χ4v) is 3.98. The van der Waals surface area contributed by atoms with Crippen molar-refractivity contribution in [3.8, 4) is 0 Å². The molecular formula is C22H23Cl2N3O2. The maximum absolute atomic E-state index is 13.3. The van der Waals surface area contributed by atoms with E-state index in [1.54, 1.807) is 30.6 Å². The number of benzene rings is 1. The fourth-order valence-electron chi connectivity index (χ4n) is 3.47. The van der Waals surface area contributed by atoms with E-state index < -0.39 is 0 Å². The van der Waals surface area contributed by atoms with Gasteiger partial charge in [-0.25, -0.2) is 0 Å². The Hall–Kier alpha value is -2.37. The van der Waals surface area contributed by atoms with Crippen LogP contribution in [-0.2, 0) is 16.0 Å². The van der Waals surface area contributed by atoms with Gasteiger partial charge in [-0.3, -0.25) is 19.5 Å². The summed E-state index contributed by atoms with van der Waals surface area (Å²) in [5.41, 5.74) is 2.36. The zero-order valence-electron chi connectivity index (χ0n) is 16.7. The minimum absolute atomic E-state index is 0.257. The molecular weight excluding hydrogens is 409 g/mol. The molecule has 2 aromatic rings. The summed E-state index contributed by atoms with van der Waals surface area (Å²) in [4.78, 5) is 33.8. The molecule has 1 aromatic heterocycles. The summed E-state index contributed by atoms with van der Waals surface area (Å²) in [5, 5.41) is 0.824. The summed E-state index contributed by atoms with van der Waals surface area (Å²) in [5.74, 6) is -0.617. The maximum atomic E-state index is 13.3. The van der Waals surface area contributed by atoms with E-state index in [-0.39, 0.29) is 17.9 Å². The smallest absolute Gasteiger partial charge is 0.278 e. The molecule has 0 N–H and O–H groups in total. The van der Waals surface area contributed by atoms with Gasteiger partial charge in [-0.15, -0.1) is 0 Å². The van der Waals surface area contributed by atoms with Crippen LogP contribution in [0.2, 0.25) is 10.0 Å². The number of aromatic nitrogens is 1. The number of hydrogen-bond acceptors (Lipinski definition) is 4. The third-order valence-electron chi connectivity index (χ3n) is 4.93. The average Bonchev–Trinajstić information content (AvgIpc) is 2.94. The lowest BCUT2D eigenvalue weighted by Gasteiger charge is -2.25. The van der Waals surface area contributed by atoms with Crippen LogP contribution < -0.4 is 0 Å². The highest BCUT2D eigenvalue weighted by Gasteiger charge is 2.43. The molecule has 2 amide bonds. The molecule has 0 fully saturated rings. The molecule has 0 aliphatic carbocycles. The Morgan fingerprint density at radius 2 is 1.76 bits per heavy atom. The van der Waals surface area contributed by atoms with Gasteiger partial charge >= 0.3 is 0 Å². The monoisotopic (exact) mass is 431 g/mol. The summed E-state index contributed by atoms with van der Waals surface area (Å²) in [6.45, 7) is 6.80. The third-order valence-corrected chi connectivity index (χ3v) is 5.47. The van der Waals surface area contributed by atoms with Crippen LogP contribution >= 0.6 is 23.2 Å². The number of likely N-dealkylation sites (N-methyl/N-ethyl adjacent to an activating group) is 1. The van der Waals surface area contributed by atoms with Crippen molar-refractivity contribution in [1.29, 1.82) is 0 Å². The van der Waals surface area contributed by atoms with Gasteiger partial charge in [-0.05, 0) is 57.0 Å². The van der Waals surface area contributed by atoms with Gasteiger partial charge in [0.2, 0.25) is 0 Å². The van der Waals surface area contributed by atoms with E-state index in [0.29, 0.717) is 40.0 Å². The Kier molecular flexibility index (Phi) is 6.60. The molecule has 0 saturated carbocycles. The quantitative estimate of drug-likeness (QED) is 0.607. The van der Waals surface area contributed by atoms with Gasteiger partial charge in [0.15, 0.2) is 0 Å². The maximum Gasteiger partial charge on any atom is 0.278 e. The van der Waals surface area contributed by atoms with Gasteiger partial charge in [-0.2, -0.15) is 0 Å². The van der Waals surface area contributed by atoms with Crippen LogP contribution in [0.15, 0.2) is 48.4 Å². The van der Waals surface area contributed by atoms with Crippen molar-refractivity contribution in [3.63, 3.8) is 0 Å². The molecule has 5 nitrogen and oxygen atoms in total. The van der Waals surface area contributed by atoms with Crippen LogP contribution in [0.1, 0.15) is 31.9 Å². The highest BCUT2D eigenvalue weighted by atomic mass is 35.5. The molecule has 0 spiro atoms. The van der Waals surface area contributed by atoms with Crippen LogP contribution in [0.5, 0.6) is 0 Å². The molecule has 3 rings (SSSR count). The molecule has 152 valence electrons. The van der Waals surface area contributed by atoms with Crippen LogP contribution in [0.25, 0.3) is 5.57 Å². The Morgan fingerprint density at radius 3 is 2.34 bits per heavy atom. The Balaban J connectivity index is 2.05. The predicted octanol–water partition coefficient (Wildman–Crippen LogP) is 4.44. The number of hydrogen-bond donors (Lipinski definition) is 0. The second-order valence-corrected chi connectivity index (χ2v) is 7.95. The molecule has 29 heavy (non-hydrogen) atoms. The molecule has 0 saturated heterocycles. The molecule has 2 heterocycles. The third kappa shape index (κ3) is 4.31. The van der Waals surface area contributed by atoms with E-state index in [1.165, 1.54) is 4.90 Å². The first-order valence-electron chi connectivity index (χ1n) is 9.56. The van der Waals surface area contributed by atoms with Gasteiger partial charge in [0.05, 0.1) is 10.6 Å². The lowest BCUT2D eigenvalue weighted by atomic mass is 10.0. The van der Waals surface area contributed by atoms with E-state index in [0.717, 1.165) is 12.0 Å². The van der Waals surface area contributed by atoms with E-state index >= 15 is 0 Å². The van der Waals surface area contributed by atoms with Crippen molar-refractivity contribution in [2.24, 2.45) is 0 Å². The molecule has 0 bridgehead atoms. The molecule has 0 atom stereocenters. The summed E-state index contributed by atoms with van der Waals surface area (Å²) in [6, 6.07) is 8.60. The molecule has 0 unspecified atom stereocenters. The summed E-state index contributed by atoms with van der Waals surface area (Å²) in [7, 11) is 0. The molecule has 1 aromatic carbocycles. The van der Waals surface area contributed by atoms with E-state index in [9.17, 15) is 9.59 Å². The number of halogens is 2. The van der Waals surface area contributed by atoms with E-state index in [4.69, 9.17) is 23.2 Å². The van der Waals surface area contributed by atoms with Gasteiger partial charge in [-0.1, -0.05) is 29.3 Å². The summed E-state index contributed by atoms with van der Waals surface area (Å²) < 4.78 is 0. The van der Waals surface area contributed by atoms with Crippen molar-refractivity contribution >= 4 is 40.6 Å². The SMILES string of the molecule is CCN(CCc1ccncc1)C1=C(c2ccc(Cl)cc2Cl)C(=O)N(C(C)C)C1=O. The van der Waals surface area contributed by atoms with Crippen molar-refractivity contribution in [1.82, 2.24) is 14.8 Å². The topological polar surface area (TPSA) is 53.5 Å². The van der Waals surface area contributed by atoms with Crippen LogP contribution in [-0.4, -0.2) is 45.7 Å². The first kappa shape index (κ1) is 21.3. The highest BCUT2D eigenvalue weighted by Crippen LogP contribution is 2.37. The molecule has 7 heteroatoms. The fraction of sp³-hybridized carbons (Fsp3) is 0.318. The second-order valence-electron chi connectivity index (χ2n) is 7.11. The highest BCUT2D eigenvalue weighted by molar-refractivity contribution is 6.41. The summed E-state index contributed by atoms with van der Waals surface area (Å²) >= 11 is 12.4. The minimum Gasteiger partial charge on any atom is -0.366 e. The van der Waals surface area contributed by atoms with E-state index in [1.807, 2.05) is 37.8 Å². The molecule has 0 radical (unpaired) electrons. The van der Waals surface area contributed by atoms with Crippen molar-refractivity contribution < 1.29 is 9.59 Å². The number of pyridine rings is 1. The average molecular weight is 432 g/mol. The van der Waals surface area contributed by atoms with Gasteiger partial charge < -0.3 is 4.90 Å². The lowest BCUT2D eigenvalue weighted by molar-refractivity contribution is -0.139. The normalized spacial score (nSPS) is 14.3. The molecule has 1 aliphatic rings. The Morgan fingerprint density at radius 1 is 1.07 bits per heavy atom. The number of carbonyl (C=O) groups excluding carboxylic acids is 2. The zero-order valence-corrected chi connectivity index (χ0v) is 18.2. The minimum atomic E-state index is -0.327. The number of nitrogens with zero attached hydrogens (tertiary/aromatic N) is 3.